The van der Waals surface area contributed by atoms with Crippen molar-refractivity contribution in [2.24, 2.45) is 5.73 Å². The fourth-order valence-corrected chi connectivity index (χ4v) is 4.60. The van der Waals surface area contributed by atoms with Crippen LogP contribution in [0.1, 0.15) is 12.5 Å². The molecule has 0 amide bonds. The third-order valence-corrected chi connectivity index (χ3v) is 5.99. The van der Waals surface area contributed by atoms with Crippen LogP contribution in [0.15, 0.2) is 15.7 Å². The van der Waals surface area contributed by atoms with Gasteiger partial charge in [-0.1, -0.05) is 0 Å². The van der Waals surface area contributed by atoms with Crippen LogP contribution in [0.2, 0.25) is 0 Å². The van der Waals surface area contributed by atoms with Gasteiger partial charge >= 0.3 is 0 Å². The van der Waals surface area contributed by atoms with Crippen LogP contribution in [0.25, 0.3) is 0 Å². The molecule has 0 aliphatic carbocycles. The minimum absolute atomic E-state index is 0.0486. The van der Waals surface area contributed by atoms with Crippen LogP contribution < -0.4 is 5.73 Å². The summed E-state index contributed by atoms with van der Waals surface area (Å²) in [6.07, 6.45) is -0.0486. The molecule has 1 aromatic heterocycles. The van der Waals surface area contributed by atoms with Gasteiger partial charge in [-0.15, -0.1) is 11.3 Å². The molecule has 2 N–H and O–H groups in total. The Morgan fingerprint density at radius 2 is 2.41 bits per heavy atom. The number of rotatable bonds is 3. The summed E-state index contributed by atoms with van der Waals surface area (Å²) in [4.78, 5) is 0. The Kier molecular flexibility index (Phi) is 3.84. The molecule has 1 fully saturated rings. The van der Waals surface area contributed by atoms with E-state index in [4.69, 9.17) is 10.5 Å². The summed E-state index contributed by atoms with van der Waals surface area (Å²) in [6, 6.07) is 1.65. The molecule has 0 spiro atoms. The number of thiophene rings is 1. The zero-order valence-corrected chi connectivity index (χ0v) is 11.3. The van der Waals surface area contributed by atoms with Crippen LogP contribution in [-0.2, 0) is 21.3 Å². The molecule has 2 heterocycles. The Morgan fingerprint density at radius 1 is 1.65 bits per heavy atom. The SMILES string of the molecule is CC1CN(S(=O)(=O)c2cc(CN)cs2)CCO1. The first kappa shape index (κ1) is 13.0. The normalized spacial score (nSPS) is 22.8. The molecular formula is C10H16N2O3S2. The molecular weight excluding hydrogens is 260 g/mol. The number of nitrogens with zero attached hydrogens (tertiary/aromatic N) is 1. The zero-order valence-electron chi connectivity index (χ0n) is 9.63. The maximum atomic E-state index is 12.3. The molecule has 7 heteroatoms. The van der Waals surface area contributed by atoms with E-state index >= 15 is 0 Å². The van der Waals surface area contributed by atoms with Gasteiger partial charge in [0.2, 0.25) is 0 Å². The average molecular weight is 276 g/mol. The second kappa shape index (κ2) is 5.03. The zero-order chi connectivity index (χ0) is 12.5. The highest BCUT2D eigenvalue weighted by atomic mass is 32.2. The molecule has 0 aromatic carbocycles. The summed E-state index contributed by atoms with van der Waals surface area (Å²) in [5.41, 5.74) is 6.34. The standard InChI is InChI=1S/C10H16N2O3S2/c1-8-6-12(2-3-15-8)17(13,14)10-4-9(5-11)7-16-10/h4,7-8H,2-3,5-6,11H2,1H3. The van der Waals surface area contributed by atoms with Gasteiger partial charge in [-0.05, 0) is 23.9 Å². The lowest BCUT2D eigenvalue weighted by Crippen LogP contribution is -2.44. The van der Waals surface area contributed by atoms with Gasteiger partial charge in [0, 0.05) is 19.6 Å². The third kappa shape index (κ3) is 2.69. The number of sulfonamides is 1. The Bertz CT molecular complexity index is 483. The fraction of sp³-hybridized carbons (Fsp3) is 0.600. The molecule has 1 saturated heterocycles. The van der Waals surface area contributed by atoms with Gasteiger partial charge in [0.25, 0.3) is 10.0 Å². The second-order valence-electron chi connectivity index (χ2n) is 4.02. The van der Waals surface area contributed by atoms with E-state index in [1.807, 2.05) is 6.92 Å². The van der Waals surface area contributed by atoms with Crippen LogP contribution in [0.5, 0.6) is 0 Å². The smallest absolute Gasteiger partial charge is 0.252 e. The molecule has 1 aliphatic heterocycles. The molecule has 1 aliphatic rings. The van der Waals surface area contributed by atoms with Crippen molar-refractivity contribution in [1.82, 2.24) is 4.31 Å². The molecule has 0 bridgehead atoms. The van der Waals surface area contributed by atoms with Gasteiger partial charge in [0.1, 0.15) is 4.21 Å². The van der Waals surface area contributed by atoms with E-state index in [0.717, 1.165) is 5.56 Å². The Balaban J connectivity index is 2.23. The van der Waals surface area contributed by atoms with Gasteiger partial charge in [0.15, 0.2) is 0 Å². The van der Waals surface area contributed by atoms with E-state index in [0.29, 0.717) is 30.5 Å². The second-order valence-corrected chi connectivity index (χ2v) is 7.10. The Labute approximate surface area is 105 Å². The number of ether oxygens (including phenoxy) is 1. The third-order valence-electron chi connectivity index (χ3n) is 2.66. The molecule has 96 valence electrons. The van der Waals surface area contributed by atoms with Crippen molar-refractivity contribution in [3.8, 4) is 0 Å². The van der Waals surface area contributed by atoms with Crippen molar-refractivity contribution in [2.45, 2.75) is 23.8 Å². The van der Waals surface area contributed by atoms with Crippen molar-refractivity contribution in [1.29, 1.82) is 0 Å². The first-order valence-electron chi connectivity index (χ1n) is 5.43. The first-order valence-corrected chi connectivity index (χ1v) is 7.75. The average Bonchev–Trinajstić information content (AvgIpc) is 2.78. The van der Waals surface area contributed by atoms with Crippen LogP contribution in [0, 0.1) is 0 Å². The first-order chi connectivity index (χ1) is 8.04. The lowest BCUT2D eigenvalue weighted by Gasteiger charge is -2.29. The molecule has 1 atom stereocenters. The maximum Gasteiger partial charge on any atom is 0.252 e. The molecule has 0 radical (unpaired) electrons. The summed E-state index contributed by atoms with van der Waals surface area (Å²) in [5.74, 6) is 0. The Hall–Kier alpha value is -0.470. The van der Waals surface area contributed by atoms with E-state index in [9.17, 15) is 8.42 Å². The number of hydrogen-bond donors (Lipinski definition) is 1. The Morgan fingerprint density at radius 3 is 3.00 bits per heavy atom. The van der Waals surface area contributed by atoms with Gasteiger partial charge < -0.3 is 10.5 Å². The number of morpholine rings is 1. The molecule has 0 saturated carbocycles. The van der Waals surface area contributed by atoms with Crippen molar-refractivity contribution >= 4 is 21.4 Å². The highest BCUT2D eigenvalue weighted by Gasteiger charge is 2.30. The molecule has 2 rings (SSSR count). The molecule has 1 unspecified atom stereocenters. The quantitative estimate of drug-likeness (QED) is 0.878. The summed E-state index contributed by atoms with van der Waals surface area (Å²) in [7, 11) is -3.37. The minimum Gasteiger partial charge on any atom is -0.376 e. The van der Waals surface area contributed by atoms with E-state index < -0.39 is 10.0 Å². The predicted octanol–water partition coefficient (Wildman–Crippen LogP) is 0.616. The predicted molar refractivity (Wildman–Crippen MR) is 66.4 cm³/mol. The highest BCUT2D eigenvalue weighted by molar-refractivity contribution is 7.91. The highest BCUT2D eigenvalue weighted by Crippen LogP contribution is 2.25. The molecule has 17 heavy (non-hydrogen) atoms. The number of hydrogen-bond acceptors (Lipinski definition) is 5. The monoisotopic (exact) mass is 276 g/mol. The van der Waals surface area contributed by atoms with E-state index in [1.54, 1.807) is 11.4 Å². The van der Waals surface area contributed by atoms with Gasteiger partial charge in [-0.25, -0.2) is 8.42 Å². The summed E-state index contributed by atoms with van der Waals surface area (Å²) in [5, 5.41) is 1.79. The maximum absolute atomic E-state index is 12.3. The summed E-state index contributed by atoms with van der Waals surface area (Å²) >= 11 is 1.23. The molecule has 5 nitrogen and oxygen atoms in total. The van der Waals surface area contributed by atoms with E-state index in [2.05, 4.69) is 0 Å². The van der Waals surface area contributed by atoms with Crippen LogP contribution in [0.4, 0.5) is 0 Å². The van der Waals surface area contributed by atoms with Crippen molar-refractivity contribution in [3.63, 3.8) is 0 Å². The van der Waals surface area contributed by atoms with Crippen LogP contribution >= 0.6 is 11.3 Å². The lowest BCUT2D eigenvalue weighted by atomic mass is 10.3. The topological polar surface area (TPSA) is 72.6 Å². The van der Waals surface area contributed by atoms with Gasteiger partial charge in [-0.3, -0.25) is 0 Å². The lowest BCUT2D eigenvalue weighted by molar-refractivity contribution is 0.0102. The summed E-state index contributed by atoms with van der Waals surface area (Å²) < 4.78 is 31.8. The van der Waals surface area contributed by atoms with Crippen molar-refractivity contribution in [2.75, 3.05) is 19.7 Å². The van der Waals surface area contributed by atoms with Crippen LogP contribution in [-0.4, -0.2) is 38.5 Å². The van der Waals surface area contributed by atoms with Gasteiger partial charge in [-0.2, -0.15) is 4.31 Å². The summed E-state index contributed by atoms with van der Waals surface area (Å²) in [6.45, 7) is 3.53. The number of nitrogens with two attached hydrogens (primary N) is 1. The van der Waals surface area contributed by atoms with E-state index in [1.165, 1.54) is 15.6 Å². The molecule has 1 aromatic rings. The van der Waals surface area contributed by atoms with Crippen molar-refractivity contribution < 1.29 is 13.2 Å². The van der Waals surface area contributed by atoms with Gasteiger partial charge in [0.05, 0.1) is 12.7 Å². The van der Waals surface area contributed by atoms with Crippen molar-refractivity contribution in [3.05, 3.63) is 17.0 Å². The fourth-order valence-electron chi connectivity index (χ4n) is 1.73. The van der Waals surface area contributed by atoms with Crippen LogP contribution in [0.3, 0.4) is 0 Å². The minimum atomic E-state index is -3.37. The van der Waals surface area contributed by atoms with E-state index in [-0.39, 0.29) is 6.10 Å². The largest absolute Gasteiger partial charge is 0.376 e.